The van der Waals surface area contributed by atoms with Gasteiger partial charge in [-0.2, -0.15) is 0 Å². The molecule has 2 nitrogen and oxygen atoms in total. The molecule has 2 aromatic rings. The summed E-state index contributed by atoms with van der Waals surface area (Å²) in [6, 6.07) is 8.65. The van der Waals surface area contributed by atoms with Crippen molar-refractivity contribution < 1.29 is 9.52 Å². The summed E-state index contributed by atoms with van der Waals surface area (Å²) in [6.45, 7) is -0.120. The standard InChI is InChI=1S/C11H8Cl2O2/c12-7-1-3-9(10(13)5-7)11-4-2-8(6-14)15-11/h1-5,14H,6H2. The fourth-order valence-corrected chi connectivity index (χ4v) is 1.80. The van der Waals surface area contributed by atoms with Gasteiger partial charge in [0.1, 0.15) is 18.1 Å². The minimum atomic E-state index is -0.120. The van der Waals surface area contributed by atoms with Crippen molar-refractivity contribution >= 4 is 23.2 Å². The summed E-state index contributed by atoms with van der Waals surface area (Å²) in [5, 5.41) is 9.97. The van der Waals surface area contributed by atoms with E-state index < -0.39 is 0 Å². The second-order valence-electron chi connectivity index (χ2n) is 3.05. The topological polar surface area (TPSA) is 33.4 Å². The largest absolute Gasteiger partial charge is 0.459 e. The molecule has 1 aromatic heterocycles. The molecule has 0 aliphatic carbocycles. The number of aliphatic hydroxyl groups is 1. The van der Waals surface area contributed by atoms with E-state index in [1.807, 2.05) is 0 Å². The van der Waals surface area contributed by atoms with Gasteiger partial charge in [0.25, 0.3) is 0 Å². The molecule has 0 aliphatic heterocycles. The van der Waals surface area contributed by atoms with Gasteiger partial charge < -0.3 is 9.52 Å². The molecule has 0 aliphatic rings. The van der Waals surface area contributed by atoms with Crippen molar-refractivity contribution in [1.29, 1.82) is 0 Å². The first kappa shape index (κ1) is 10.6. The summed E-state index contributed by atoms with van der Waals surface area (Å²) in [4.78, 5) is 0. The molecule has 0 atom stereocenters. The van der Waals surface area contributed by atoms with Gasteiger partial charge in [-0.15, -0.1) is 0 Å². The number of aliphatic hydroxyl groups excluding tert-OH is 1. The van der Waals surface area contributed by atoms with Crippen LogP contribution >= 0.6 is 23.2 Å². The van der Waals surface area contributed by atoms with Crippen molar-refractivity contribution in [2.75, 3.05) is 0 Å². The van der Waals surface area contributed by atoms with E-state index in [-0.39, 0.29) is 6.61 Å². The van der Waals surface area contributed by atoms with E-state index in [1.54, 1.807) is 30.3 Å². The smallest absolute Gasteiger partial charge is 0.135 e. The summed E-state index contributed by atoms with van der Waals surface area (Å²) >= 11 is 11.8. The van der Waals surface area contributed by atoms with Crippen molar-refractivity contribution in [1.82, 2.24) is 0 Å². The van der Waals surface area contributed by atoms with Gasteiger partial charge in [0.2, 0.25) is 0 Å². The highest BCUT2D eigenvalue weighted by atomic mass is 35.5. The second-order valence-corrected chi connectivity index (χ2v) is 3.89. The van der Waals surface area contributed by atoms with Crippen LogP contribution in [0.2, 0.25) is 10.0 Å². The zero-order valence-corrected chi connectivity index (χ0v) is 9.22. The minimum Gasteiger partial charge on any atom is -0.459 e. The molecule has 1 aromatic carbocycles. The van der Waals surface area contributed by atoms with Crippen LogP contribution in [-0.2, 0) is 6.61 Å². The van der Waals surface area contributed by atoms with Crippen LogP contribution in [0.25, 0.3) is 11.3 Å². The highest BCUT2D eigenvalue weighted by Gasteiger charge is 2.08. The average molecular weight is 243 g/mol. The predicted octanol–water partition coefficient (Wildman–Crippen LogP) is 3.75. The molecule has 0 bridgehead atoms. The molecule has 0 spiro atoms. The molecule has 0 amide bonds. The zero-order chi connectivity index (χ0) is 10.8. The van der Waals surface area contributed by atoms with Crippen LogP contribution < -0.4 is 0 Å². The van der Waals surface area contributed by atoms with Gasteiger partial charge in [0.15, 0.2) is 0 Å². The molecule has 0 radical (unpaired) electrons. The lowest BCUT2D eigenvalue weighted by atomic mass is 10.2. The Labute approximate surface area is 97.0 Å². The van der Waals surface area contributed by atoms with Crippen molar-refractivity contribution in [3.05, 3.63) is 46.1 Å². The summed E-state index contributed by atoms with van der Waals surface area (Å²) in [5.74, 6) is 1.14. The molecule has 2 rings (SSSR count). The number of benzene rings is 1. The Morgan fingerprint density at radius 2 is 1.93 bits per heavy atom. The molecule has 4 heteroatoms. The van der Waals surface area contributed by atoms with Gasteiger partial charge in [-0.25, -0.2) is 0 Å². The third-order valence-corrected chi connectivity index (χ3v) is 2.56. The summed E-state index contributed by atoms with van der Waals surface area (Å²) < 4.78 is 5.36. The number of rotatable bonds is 2. The normalized spacial score (nSPS) is 10.6. The fraction of sp³-hybridized carbons (Fsp3) is 0.0909. The van der Waals surface area contributed by atoms with Crippen LogP contribution in [0.4, 0.5) is 0 Å². The Balaban J connectivity index is 2.44. The highest BCUT2D eigenvalue weighted by molar-refractivity contribution is 6.36. The van der Waals surface area contributed by atoms with E-state index >= 15 is 0 Å². The maximum absolute atomic E-state index is 8.86. The van der Waals surface area contributed by atoms with Gasteiger partial charge in [-0.05, 0) is 30.3 Å². The quantitative estimate of drug-likeness (QED) is 0.871. The van der Waals surface area contributed by atoms with Crippen molar-refractivity contribution in [3.8, 4) is 11.3 Å². The molecule has 1 heterocycles. The van der Waals surface area contributed by atoms with E-state index in [0.29, 0.717) is 21.6 Å². The Morgan fingerprint density at radius 3 is 2.53 bits per heavy atom. The number of furan rings is 1. The van der Waals surface area contributed by atoms with E-state index in [4.69, 9.17) is 32.7 Å². The average Bonchev–Trinajstić information content (AvgIpc) is 2.66. The maximum Gasteiger partial charge on any atom is 0.135 e. The van der Waals surface area contributed by atoms with E-state index in [1.165, 1.54) is 0 Å². The lowest BCUT2D eigenvalue weighted by Gasteiger charge is -2.00. The molecule has 0 unspecified atom stereocenters. The predicted molar refractivity (Wildman–Crippen MR) is 60.1 cm³/mol. The van der Waals surface area contributed by atoms with E-state index in [9.17, 15) is 0 Å². The molecule has 15 heavy (non-hydrogen) atoms. The second kappa shape index (κ2) is 4.27. The number of hydrogen-bond acceptors (Lipinski definition) is 2. The maximum atomic E-state index is 8.86. The molecule has 1 N–H and O–H groups in total. The van der Waals surface area contributed by atoms with E-state index in [2.05, 4.69) is 0 Å². The van der Waals surface area contributed by atoms with Gasteiger partial charge >= 0.3 is 0 Å². The van der Waals surface area contributed by atoms with Gasteiger partial charge in [0, 0.05) is 10.6 Å². The van der Waals surface area contributed by atoms with Gasteiger partial charge in [-0.3, -0.25) is 0 Å². The summed E-state index contributed by atoms with van der Waals surface area (Å²) in [6.07, 6.45) is 0. The number of halogens is 2. The van der Waals surface area contributed by atoms with Crippen LogP contribution in [0, 0.1) is 0 Å². The molecular formula is C11H8Cl2O2. The van der Waals surface area contributed by atoms with E-state index in [0.717, 1.165) is 5.56 Å². The Hall–Kier alpha value is -0.960. The summed E-state index contributed by atoms with van der Waals surface area (Å²) in [5.41, 5.74) is 0.765. The first-order chi connectivity index (χ1) is 7.20. The Morgan fingerprint density at radius 1 is 1.13 bits per heavy atom. The zero-order valence-electron chi connectivity index (χ0n) is 7.71. The summed E-state index contributed by atoms with van der Waals surface area (Å²) in [7, 11) is 0. The van der Waals surface area contributed by atoms with Crippen LogP contribution in [0.15, 0.2) is 34.7 Å². The lowest BCUT2D eigenvalue weighted by molar-refractivity contribution is 0.248. The Bertz CT molecular complexity index is 477. The van der Waals surface area contributed by atoms with Crippen LogP contribution in [0.1, 0.15) is 5.76 Å². The van der Waals surface area contributed by atoms with Crippen molar-refractivity contribution in [2.45, 2.75) is 6.61 Å². The third kappa shape index (κ3) is 2.17. The minimum absolute atomic E-state index is 0.120. The van der Waals surface area contributed by atoms with Gasteiger partial charge in [-0.1, -0.05) is 23.2 Å². The molecule has 0 saturated carbocycles. The molecule has 78 valence electrons. The van der Waals surface area contributed by atoms with Crippen LogP contribution in [-0.4, -0.2) is 5.11 Å². The fourth-order valence-electron chi connectivity index (χ4n) is 1.30. The Kier molecular flexibility index (Phi) is 3.00. The first-order valence-electron chi connectivity index (χ1n) is 4.35. The third-order valence-electron chi connectivity index (χ3n) is 2.01. The molecular weight excluding hydrogens is 235 g/mol. The first-order valence-corrected chi connectivity index (χ1v) is 5.11. The van der Waals surface area contributed by atoms with Crippen molar-refractivity contribution in [2.24, 2.45) is 0 Å². The van der Waals surface area contributed by atoms with Crippen molar-refractivity contribution in [3.63, 3.8) is 0 Å². The highest BCUT2D eigenvalue weighted by Crippen LogP contribution is 2.31. The van der Waals surface area contributed by atoms with Crippen LogP contribution in [0.5, 0.6) is 0 Å². The van der Waals surface area contributed by atoms with Crippen LogP contribution in [0.3, 0.4) is 0 Å². The number of hydrogen-bond donors (Lipinski definition) is 1. The SMILES string of the molecule is OCc1ccc(-c2ccc(Cl)cc2Cl)o1. The molecule has 0 fully saturated rings. The monoisotopic (exact) mass is 242 g/mol. The molecule has 0 saturated heterocycles. The lowest BCUT2D eigenvalue weighted by Crippen LogP contribution is -1.77. The van der Waals surface area contributed by atoms with Gasteiger partial charge in [0.05, 0.1) is 5.02 Å².